The van der Waals surface area contributed by atoms with Crippen LogP contribution in [0, 0.1) is 10.1 Å². The highest BCUT2D eigenvalue weighted by Gasteiger charge is 2.09. The maximum Gasteiger partial charge on any atom is 0.338 e. The zero-order valence-electron chi connectivity index (χ0n) is 15.5. The van der Waals surface area contributed by atoms with E-state index in [9.17, 15) is 24.5 Å². The van der Waals surface area contributed by atoms with Crippen molar-refractivity contribution in [3.05, 3.63) is 75.8 Å². The molecule has 0 saturated heterocycles. The Morgan fingerprint density at radius 1 is 1.03 bits per heavy atom. The molecule has 0 fully saturated rings. The van der Waals surface area contributed by atoms with Gasteiger partial charge in [0.2, 0.25) is 0 Å². The second kappa shape index (κ2) is 10.4. The third-order valence-electron chi connectivity index (χ3n) is 3.54. The number of non-ortho nitro benzene ring substituents is 1. The van der Waals surface area contributed by atoms with Gasteiger partial charge in [-0.25, -0.2) is 9.59 Å². The van der Waals surface area contributed by atoms with Crippen molar-refractivity contribution in [1.29, 1.82) is 0 Å². The summed E-state index contributed by atoms with van der Waals surface area (Å²) in [6.45, 7) is 1.47. The van der Waals surface area contributed by atoms with Crippen LogP contribution < -0.4 is 5.32 Å². The number of nitro benzene ring substituents is 1. The van der Waals surface area contributed by atoms with Crippen molar-refractivity contribution in [2.24, 2.45) is 0 Å². The number of esters is 2. The maximum atomic E-state index is 11.8. The largest absolute Gasteiger partial charge is 0.462 e. The number of nitro groups is 1. The van der Waals surface area contributed by atoms with Crippen LogP contribution >= 0.6 is 0 Å². The Balaban J connectivity index is 1.80. The van der Waals surface area contributed by atoms with Crippen LogP contribution in [0.5, 0.6) is 0 Å². The topological polar surface area (TPSA) is 125 Å². The molecule has 29 heavy (non-hydrogen) atoms. The van der Waals surface area contributed by atoms with Crippen molar-refractivity contribution >= 4 is 35.3 Å². The summed E-state index contributed by atoms with van der Waals surface area (Å²) in [4.78, 5) is 45.2. The zero-order valence-corrected chi connectivity index (χ0v) is 15.5. The molecule has 0 bridgehead atoms. The standard InChI is InChI=1S/C20H18N2O7/c1-2-28-20(25)15-6-8-16(9-7-15)21-18(23)13-29-19(24)12-5-14-3-10-17(11-4-14)22(26)27/h3-12H,2,13H2,1H3,(H,21,23)/b12-5+. The van der Waals surface area contributed by atoms with E-state index in [4.69, 9.17) is 9.47 Å². The van der Waals surface area contributed by atoms with Gasteiger partial charge in [0.25, 0.3) is 11.6 Å². The molecule has 2 rings (SSSR count). The van der Waals surface area contributed by atoms with Crippen molar-refractivity contribution in [1.82, 2.24) is 0 Å². The van der Waals surface area contributed by atoms with Crippen LogP contribution in [0.1, 0.15) is 22.8 Å². The van der Waals surface area contributed by atoms with Gasteiger partial charge in [0.1, 0.15) is 0 Å². The molecule has 0 heterocycles. The molecular formula is C20H18N2O7. The van der Waals surface area contributed by atoms with E-state index in [0.29, 0.717) is 16.8 Å². The van der Waals surface area contributed by atoms with Gasteiger partial charge in [-0.3, -0.25) is 14.9 Å². The fourth-order valence-electron chi connectivity index (χ4n) is 2.16. The smallest absolute Gasteiger partial charge is 0.338 e. The number of nitrogens with one attached hydrogen (secondary N) is 1. The minimum Gasteiger partial charge on any atom is -0.462 e. The average Bonchev–Trinajstić information content (AvgIpc) is 2.71. The number of ether oxygens (including phenoxy) is 2. The lowest BCUT2D eigenvalue weighted by atomic mass is 10.2. The number of rotatable bonds is 8. The molecule has 150 valence electrons. The molecule has 1 N–H and O–H groups in total. The first-order valence-electron chi connectivity index (χ1n) is 8.55. The fourth-order valence-corrected chi connectivity index (χ4v) is 2.16. The predicted molar refractivity (Wildman–Crippen MR) is 104 cm³/mol. The van der Waals surface area contributed by atoms with Crippen LogP contribution in [-0.4, -0.2) is 36.0 Å². The molecule has 0 radical (unpaired) electrons. The summed E-state index contributed by atoms with van der Waals surface area (Å²) in [5.41, 5.74) is 1.29. The third-order valence-corrected chi connectivity index (χ3v) is 3.54. The van der Waals surface area contributed by atoms with Gasteiger partial charge in [0.15, 0.2) is 6.61 Å². The number of amides is 1. The molecule has 0 atom stereocenters. The average molecular weight is 398 g/mol. The Labute approximate surface area is 166 Å². The molecule has 0 saturated carbocycles. The predicted octanol–water partition coefficient (Wildman–Crippen LogP) is 2.97. The molecule has 0 aliphatic carbocycles. The van der Waals surface area contributed by atoms with Crippen LogP contribution in [0.25, 0.3) is 6.08 Å². The second-order valence-corrected chi connectivity index (χ2v) is 5.64. The molecule has 0 spiro atoms. The lowest BCUT2D eigenvalue weighted by Gasteiger charge is -2.06. The minimum atomic E-state index is -0.740. The van der Waals surface area contributed by atoms with Crippen LogP contribution in [0.2, 0.25) is 0 Å². The van der Waals surface area contributed by atoms with Gasteiger partial charge in [-0.2, -0.15) is 0 Å². The Kier molecular flexibility index (Phi) is 7.60. The van der Waals surface area contributed by atoms with Crippen LogP contribution in [0.4, 0.5) is 11.4 Å². The van der Waals surface area contributed by atoms with E-state index >= 15 is 0 Å². The summed E-state index contributed by atoms with van der Waals surface area (Å²) in [6, 6.07) is 11.7. The van der Waals surface area contributed by atoms with Crippen molar-refractivity contribution in [2.45, 2.75) is 6.92 Å². The van der Waals surface area contributed by atoms with Crippen molar-refractivity contribution in [2.75, 3.05) is 18.5 Å². The monoisotopic (exact) mass is 398 g/mol. The number of hydrogen-bond acceptors (Lipinski definition) is 7. The van der Waals surface area contributed by atoms with E-state index in [1.54, 1.807) is 6.92 Å². The first-order chi connectivity index (χ1) is 13.9. The lowest BCUT2D eigenvalue weighted by molar-refractivity contribution is -0.384. The number of hydrogen-bond donors (Lipinski definition) is 1. The summed E-state index contributed by atoms with van der Waals surface area (Å²) >= 11 is 0. The Hall–Kier alpha value is -4.01. The first-order valence-corrected chi connectivity index (χ1v) is 8.55. The number of carbonyl (C=O) groups is 3. The third kappa shape index (κ3) is 6.90. The molecule has 9 nitrogen and oxygen atoms in total. The highest BCUT2D eigenvalue weighted by molar-refractivity contribution is 5.95. The lowest BCUT2D eigenvalue weighted by Crippen LogP contribution is -2.20. The van der Waals surface area contributed by atoms with E-state index in [1.807, 2.05) is 0 Å². The van der Waals surface area contributed by atoms with Gasteiger partial charge in [-0.05, 0) is 55.0 Å². The molecule has 0 aromatic heterocycles. The van der Waals surface area contributed by atoms with Crippen molar-refractivity contribution in [3.8, 4) is 0 Å². The maximum absolute atomic E-state index is 11.8. The van der Waals surface area contributed by atoms with E-state index < -0.39 is 29.4 Å². The molecule has 0 aliphatic rings. The zero-order chi connectivity index (χ0) is 21.2. The molecule has 9 heteroatoms. The van der Waals surface area contributed by atoms with E-state index in [2.05, 4.69) is 5.32 Å². The molecule has 1 amide bonds. The summed E-state index contributed by atoms with van der Waals surface area (Å²) in [7, 11) is 0. The van der Waals surface area contributed by atoms with Gasteiger partial charge in [-0.1, -0.05) is 0 Å². The van der Waals surface area contributed by atoms with E-state index in [0.717, 1.165) is 6.08 Å². The Morgan fingerprint density at radius 2 is 1.69 bits per heavy atom. The van der Waals surface area contributed by atoms with Gasteiger partial charge in [0, 0.05) is 23.9 Å². The molecule has 2 aromatic rings. The SMILES string of the molecule is CCOC(=O)c1ccc(NC(=O)COC(=O)/C=C/c2ccc([N+](=O)[O-])cc2)cc1. The normalized spacial score (nSPS) is 10.4. The van der Waals surface area contributed by atoms with Gasteiger partial charge in [-0.15, -0.1) is 0 Å². The Bertz CT molecular complexity index is 919. The quantitative estimate of drug-likeness (QED) is 0.314. The summed E-state index contributed by atoms with van der Waals surface area (Å²) in [6.07, 6.45) is 2.53. The molecule has 0 unspecified atom stereocenters. The Morgan fingerprint density at radius 3 is 2.28 bits per heavy atom. The summed E-state index contributed by atoms with van der Waals surface area (Å²) in [5, 5.41) is 13.1. The van der Waals surface area contributed by atoms with Crippen LogP contribution in [0.3, 0.4) is 0 Å². The second-order valence-electron chi connectivity index (χ2n) is 5.64. The fraction of sp³-hybridized carbons (Fsp3) is 0.150. The van der Waals surface area contributed by atoms with E-state index in [-0.39, 0.29) is 12.3 Å². The van der Waals surface area contributed by atoms with Crippen molar-refractivity contribution in [3.63, 3.8) is 0 Å². The number of benzene rings is 2. The van der Waals surface area contributed by atoms with Crippen LogP contribution in [0.15, 0.2) is 54.6 Å². The van der Waals surface area contributed by atoms with Gasteiger partial charge >= 0.3 is 11.9 Å². The molecular weight excluding hydrogens is 380 g/mol. The first kappa shape index (κ1) is 21.3. The van der Waals surface area contributed by atoms with Gasteiger partial charge < -0.3 is 14.8 Å². The van der Waals surface area contributed by atoms with Crippen molar-refractivity contribution < 1.29 is 28.8 Å². The molecule has 0 aliphatic heterocycles. The summed E-state index contributed by atoms with van der Waals surface area (Å²) < 4.78 is 9.70. The summed E-state index contributed by atoms with van der Waals surface area (Å²) in [5.74, 6) is -1.75. The number of anilines is 1. The minimum absolute atomic E-state index is 0.0586. The number of carbonyl (C=O) groups excluding carboxylic acids is 3. The highest BCUT2D eigenvalue weighted by atomic mass is 16.6. The number of nitrogens with zero attached hydrogens (tertiary/aromatic N) is 1. The van der Waals surface area contributed by atoms with E-state index in [1.165, 1.54) is 54.6 Å². The highest BCUT2D eigenvalue weighted by Crippen LogP contribution is 2.13. The van der Waals surface area contributed by atoms with Gasteiger partial charge in [0.05, 0.1) is 17.1 Å². The van der Waals surface area contributed by atoms with Crippen LogP contribution in [-0.2, 0) is 19.1 Å². The molecule has 2 aromatic carbocycles.